The van der Waals surface area contributed by atoms with Crippen molar-refractivity contribution in [3.63, 3.8) is 0 Å². The van der Waals surface area contributed by atoms with Crippen molar-refractivity contribution < 1.29 is 4.79 Å². The smallest absolute Gasteiger partial charge is 0.244 e. The van der Waals surface area contributed by atoms with Crippen LogP contribution >= 0.6 is 11.8 Å². The van der Waals surface area contributed by atoms with Gasteiger partial charge < -0.3 is 0 Å². The number of carbonyl (C=O) groups is 1. The molecule has 0 fully saturated rings. The van der Waals surface area contributed by atoms with Crippen molar-refractivity contribution >= 4 is 28.6 Å². The summed E-state index contributed by atoms with van der Waals surface area (Å²) in [5.41, 5.74) is 3.69. The minimum atomic E-state index is -0.114. The Morgan fingerprint density at radius 3 is 2.76 bits per heavy atom. The number of nitrogens with zero attached hydrogens (tertiary/aromatic N) is 2. The van der Waals surface area contributed by atoms with Gasteiger partial charge in [-0.3, -0.25) is 9.36 Å². The van der Waals surface area contributed by atoms with Gasteiger partial charge in [0.15, 0.2) is 0 Å². The summed E-state index contributed by atoms with van der Waals surface area (Å²) in [6, 6.07) is 14.2. The highest BCUT2D eigenvalue weighted by molar-refractivity contribution is 8.00. The number of rotatable bonds is 4. The lowest BCUT2D eigenvalue weighted by molar-refractivity contribution is 0.0910. The number of fused-ring (bicyclic) bond motifs is 3. The number of benzene rings is 1. The van der Waals surface area contributed by atoms with Crippen LogP contribution in [0.15, 0.2) is 53.7 Å². The SMILES string of the molecule is CCC(Sc1ccccn1)C(=O)n1c2c(c3ccccc31)CCCC2. The summed E-state index contributed by atoms with van der Waals surface area (Å²) in [4.78, 5) is 17.8. The van der Waals surface area contributed by atoms with Crippen LogP contribution in [0.4, 0.5) is 0 Å². The standard InChI is InChI=1S/C21H22N2OS/c1-2-19(25-20-13-7-8-14-22-20)21(24)23-17-11-5-3-9-15(17)16-10-4-6-12-18(16)23/h3,5,7-9,11,13-14,19H,2,4,6,10,12H2,1H3. The lowest BCUT2D eigenvalue weighted by Crippen LogP contribution is -2.26. The van der Waals surface area contributed by atoms with Crippen LogP contribution in [0.3, 0.4) is 0 Å². The third-order valence-corrected chi connectivity index (χ3v) is 6.25. The summed E-state index contributed by atoms with van der Waals surface area (Å²) < 4.78 is 2.01. The van der Waals surface area contributed by atoms with Crippen molar-refractivity contribution in [1.82, 2.24) is 9.55 Å². The van der Waals surface area contributed by atoms with Crippen LogP contribution in [-0.4, -0.2) is 20.7 Å². The molecule has 3 nitrogen and oxygen atoms in total. The highest BCUT2D eigenvalue weighted by Gasteiger charge is 2.27. The van der Waals surface area contributed by atoms with Gasteiger partial charge in [0.2, 0.25) is 5.91 Å². The number of thioether (sulfide) groups is 1. The first-order valence-electron chi connectivity index (χ1n) is 9.02. The molecule has 0 saturated heterocycles. The molecule has 2 aromatic heterocycles. The molecule has 1 unspecified atom stereocenters. The average molecular weight is 350 g/mol. The molecule has 0 amide bonds. The Hall–Kier alpha value is -2.07. The minimum Gasteiger partial charge on any atom is -0.283 e. The number of para-hydroxylation sites is 1. The van der Waals surface area contributed by atoms with E-state index in [0.717, 1.165) is 29.8 Å². The van der Waals surface area contributed by atoms with E-state index in [1.54, 1.807) is 18.0 Å². The summed E-state index contributed by atoms with van der Waals surface area (Å²) in [6.45, 7) is 2.08. The van der Waals surface area contributed by atoms with Crippen LogP contribution < -0.4 is 0 Å². The topological polar surface area (TPSA) is 34.9 Å². The largest absolute Gasteiger partial charge is 0.283 e. The Morgan fingerprint density at radius 1 is 1.16 bits per heavy atom. The Bertz CT molecular complexity index is 901. The summed E-state index contributed by atoms with van der Waals surface area (Å²) >= 11 is 1.57. The van der Waals surface area contributed by atoms with E-state index in [4.69, 9.17) is 0 Å². The predicted molar refractivity (Wildman–Crippen MR) is 103 cm³/mol. The van der Waals surface area contributed by atoms with Crippen LogP contribution in [0.25, 0.3) is 10.9 Å². The second-order valence-corrected chi connectivity index (χ2v) is 7.73. The Balaban J connectivity index is 1.76. The molecule has 25 heavy (non-hydrogen) atoms. The lowest BCUT2D eigenvalue weighted by atomic mass is 9.95. The van der Waals surface area contributed by atoms with Gasteiger partial charge in [0.1, 0.15) is 0 Å². The number of aryl methyl sites for hydroxylation is 1. The fraction of sp³-hybridized carbons (Fsp3) is 0.333. The van der Waals surface area contributed by atoms with Gasteiger partial charge in [-0.15, -0.1) is 0 Å². The zero-order chi connectivity index (χ0) is 17.2. The summed E-state index contributed by atoms with van der Waals surface area (Å²) in [7, 11) is 0. The second-order valence-electron chi connectivity index (χ2n) is 6.51. The number of aromatic nitrogens is 2. The number of carbonyl (C=O) groups excluding carboxylic acids is 1. The minimum absolute atomic E-state index is 0.114. The molecule has 1 aliphatic rings. The lowest BCUT2D eigenvalue weighted by Gasteiger charge is -2.19. The molecule has 1 aliphatic carbocycles. The molecular weight excluding hydrogens is 328 g/mol. The highest BCUT2D eigenvalue weighted by atomic mass is 32.2. The van der Waals surface area contributed by atoms with Crippen LogP contribution in [0.1, 0.15) is 42.2 Å². The number of hydrogen-bond donors (Lipinski definition) is 0. The number of pyridine rings is 1. The molecule has 0 radical (unpaired) electrons. The molecule has 0 saturated carbocycles. The molecule has 128 valence electrons. The van der Waals surface area contributed by atoms with Crippen molar-refractivity contribution in [2.45, 2.75) is 49.3 Å². The first-order chi connectivity index (χ1) is 12.3. The fourth-order valence-electron chi connectivity index (χ4n) is 3.76. The summed E-state index contributed by atoms with van der Waals surface area (Å²) in [5.74, 6) is 0.192. The first kappa shape index (κ1) is 16.4. The third kappa shape index (κ3) is 2.99. The van der Waals surface area contributed by atoms with Crippen molar-refractivity contribution in [2.24, 2.45) is 0 Å². The van der Waals surface area contributed by atoms with E-state index in [2.05, 4.69) is 30.1 Å². The van der Waals surface area contributed by atoms with Crippen molar-refractivity contribution in [1.29, 1.82) is 0 Å². The number of hydrogen-bond acceptors (Lipinski definition) is 3. The molecule has 2 heterocycles. The van der Waals surface area contributed by atoms with E-state index in [-0.39, 0.29) is 11.2 Å². The van der Waals surface area contributed by atoms with Crippen molar-refractivity contribution in [3.8, 4) is 0 Å². The molecule has 0 aliphatic heterocycles. The molecule has 0 spiro atoms. The maximum absolute atomic E-state index is 13.4. The monoisotopic (exact) mass is 350 g/mol. The van der Waals surface area contributed by atoms with Gasteiger partial charge in [-0.2, -0.15) is 0 Å². The molecule has 1 aromatic carbocycles. The molecule has 1 atom stereocenters. The molecule has 4 rings (SSSR count). The van der Waals surface area contributed by atoms with E-state index < -0.39 is 0 Å². The predicted octanol–water partition coefficient (Wildman–Crippen LogP) is 5.13. The van der Waals surface area contributed by atoms with E-state index >= 15 is 0 Å². The van der Waals surface area contributed by atoms with Crippen LogP contribution in [0.5, 0.6) is 0 Å². The van der Waals surface area contributed by atoms with Crippen LogP contribution in [0.2, 0.25) is 0 Å². The second kappa shape index (κ2) is 7.04. The van der Waals surface area contributed by atoms with E-state index in [1.165, 1.54) is 29.5 Å². The quantitative estimate of drug-likeness (QED) is 0.612. The van der Waals surface area contributed by atoms with Gasteiger partial charge in [0.05, 0.1) is 15.8 Å². The van der Waals surface area contributed by atoms with Gasteiger partial charge in [-0.05, 0) is 55.9 Å². The van der Waals surface area contributed by atoms with Gasteiger partial charge in [-0.1, -0.05) is 43.0 Å². The van der Waals surface area contributed by atoms with Crippen molar-refractivity contribution in [3.05, 3.63) is 59.9 Å². The fourth-order valence-corrected chi connectivity index (χ4v) is 4.71. The Labute approximate surface area is 152 Å². The van der Waals surface area contributed by atoms with Gasteiger partial charge >= 0.3 is 0 Å². The molecular formula is C21H22N2OS. The molecule has 0 bridgehead atoms. The summed E-state index contributed by atoms with van der Waals surface area (Å²) in [6.07, 6.45) is 7.05. The molecule has 3 aromatic rings. The zero-order valence-electron chi connectivity index (χ0n) is 14.4. The van der Waals surface area contributed by atoms with Crippen LogP contribution in [-0.2, 0) is 12.8 Å². The van der Waals surface area contributed by atoms with E-state index in [0.29, 0.717) is 0 Å². The van der Waals surface area contributed by atoms with Crippen molar-refractivity contribution in [2.75, 3.05) is 0 Å². The third-order valence-electron chi connectivity index (χ3n) is 4.95. The van der Waals surface area contributed by atoms with Gasteiger partial charge in [0, 0.05) is 17.3 Å². The highest BCUT2D eigenvalue weighted by Crippen LogP contribution is 2.34. The molecule has 4 heteroatoms. The van der Waals surface area contributed by atoms with E-state index in [9.17, 15) is 4.79 Å². The molecule has 0 N–H and O–H groups in total. The maximum Gasteiger partial charge on any atom is 0.244 e. The summed E-state index contributed by atoms with van der Waals surface area (Å²) in [5, 5.41) is 2.05. The van der Waals surface area contributed by atoms with Crippen LogP contribution in [0, 0.1) is 0 Å². The Morgan fingerprint density at radius 2 is 1.96 bits per heavy atom. The van der Waals surface area contributed by atoms with E-state index in [1.807, 2.05) is 28.8 Å². The zero-order valence-corrected chi connectivity index (χ0v) is 15.3. The van der Waals surface area contributed by atoms with Gasteiger partial charge in [0.25, 0.3) is 0 Å². The Kier molecular flexibility index (Phi) is 4.62. The average Bonchev–Trinajstić information content (AvgIpc) is 3.01. The normalized spacial score (nSPS) is 15.1. The first-order valence-corrected chi connectivity index (χ1v) is 9.90. The van der Waals surface area contributed by atoms with Gasteiger partial charge in [-0.25, -0.2) is 4.98 Å². The maximum atomic E-state index is 13.4.